The average Bonchev–Trinajstić information content (AvgIpc) is 2.83. The molecule has 0 aliphatic heterocycles. The van der Waals surface area contributed by atoms with Gasteiger partial charge in [0.1, 0.15) is 0 Å². The summed E-state index contributed by atoms with van der Waals surface area (Å²) in [6.07, 6.45) is 4.59. The summed E-state index contributed by atoms with van der Waals surface area (Å²) in [5, 5.41) is 5.89. The highest BCUT2D eigenvalue weighted by atomic mass is 16.2. The first-order chi connectivity index (χ1) is 8.67. The molecule has 5 nitrogen and oxygen atoms in total. The van der Waals surface area contributed by atoms with E-state index in [0.717, 1.165) is 12.8 Å². The lowest BCUT2D eigenvalue weighted by molar-refractivity contribution is -0.129. The summed E-state index contributed by atoms with van der Waals surface area (Å²) in [5.74, 6) is 0.0444. The van der Waals surface area contributed by atoms with Gasteiger partial charge in [-0.25, -0.2) is 0 Å². The van der Waals surface area contributed by atoms with E-state index >= 15 is 0 Å². The van der Waals surface area contributed by atoms with Crippen molar-refractivity contribution in [2.24, 2.45) is 0 Å². The SMILES string of the molecule is CCN(CC)C(=O)CNCC(=O)NC1CCCC1. The highest BCUT2D eigenvalue weighted by molar-refractivity contribution is 5.81. The van der Waals surface area contributed by atoms with Crippen molar-refractivity contribution in [3.63, 3.8) is 0 Å². The molecule has 1 rings (SSSR count). The van der Waals surface area contributed by atoms with Crippen LogP contribution in [0.3, 0.4) is 0 Å². The van der Waals surface area contributed by atoms with Gasteiger partial charge in [0.25, 0.3) is 0 Å². The molecule has 0 radical (unpaired) electrons. The molecule has 0 unspecified atom stereocenters. The second kappa shape index (κ2) is 8.08. The summed E-state index contributed by atoms with van der Waals surface area (Å²) in [4.78, 5) is 25.0. The van der Waals surface area contributed by atoms with E-state index in [1.54, 1.807) is 4.90 Å². The maximum Gasteiger partial charge on any atom is 0.236 e. The van der Waals surface area contributed by atoms with Crippen LogP contribution in [0.4, 0.5) is 0 Å². The molecule has 0 atom stereocenters. The zero-order valence-corrected chi connectivity index (χ0v) is 11.5. The molecular weight excluding hydrogens is 230 g/mol. The Morgan fingerprint density at radius 3 is 2.28 bits per heavy atom. The van der Waals surface area contributed by atoms with Crippen LogP contribution in [0.25, 0.3) is 0 Å². The number of likely N-dealkylation sites (N-methyl/N-ethyl adjacent to an activating group) is 1. The number of hydrogen-bond acceptors (Lipinski definition) is 3. The number of carbonyl (C=O) groups excluding carboxylic acids is 2. The van der Waals surface area contributed by atoms with Crippen molar-refractivity contribution >= 4 is 11.8 Å². The minimum absolute atomic E-state index is 0.00533. The molecule has 1 fully saturated rings. The van der Waals surface area contributed by atoms with E-state index in [1.165, 1.54) is 12.8 Å². The van der Waals surface area contributed by atoms with Crippen molar-refractivity contribution in [2.75, 3.05) is 26.2 Å². The Kier molecular flexibility index (Phi) is 6.72. The fraction of sp³-hybridized carbons (Fsp3) is 0.846. The molecule has 2 amide bonds. The zero-order chi connectivity index (χ0) is 13.4. The predicted octanol–water partition coefficient (Wildman–Crippen LogP) is 0.503. The molecule has 0 spiro atoms. The summed E-state index contributed by atoms with van der Waals surface area (Å²) in [6.45, 7) is 5.79. The number of carbonyl (C=O) groups is 2. The molecule has 0 aromatic heterocycles. The lowest BCUT2D eigenvalue weighted by atomic mass is 10.2. The standard InChI is InChI=1S/C13H25N3O2/c1-3-16(4-2)13(18)10-14-9-12(17)15-11-7-5-6-8-11/h11,14H,3-10H2,1-2H3,(H,15,17). The van der Waals surface area contributed by atoms with E-state index in [9.17, 15) is 9.59 Å². The Morgan fingerprint density at radius 1 is 1.11 bits per heavy atom. The monoisotopic (exact) mass is 255 g/mol. The highest BCUT2D eigenvalue weighted by Gasteiger charge is 2.17. The normalized spacial score (nSPS) is 15.7. The third kappa shape index (κ3) is 5.04. The van der Waals surface area contributed by atoms with Crippen LogP contribution >= 0.6 is 0 Å². The third-order valence-electron chi connectivity index (χ3n) is 3.40. The quantitative estimate of drug-likeness (QED) is 0.696. The van der Waals surface area contributed by atoms with Crippen LogP contribution in [0, 0.1) is 0 Å². The summed E-state index contributed by atoms with van der Waals surface area (Å²) in [7, 11) is 0. The Balaban J connectivity index is 2.12. The van der Waals surface area contributed by atoms with Crippen LogP contribution in [0.5, 0.6) is 0 Å². The van der Waals surface area contributed by atoms with Gasteiger partial charge in [-0.05, 0) is 26.7 Å². The first kappa shape index (κ1) is 15.0. The van der Waals surface area contributed by atoms with Gasteiger partial charge in [-0.2, -0.15) is 0 Å². The lowest BCUT2D eigenvalue weighted by Crippen LogP contribution is -2.43. The van der Waals surface area contributed by atoms with E-state index < -0.39 is 0 Å². The molecule has 0 aromatic rings. The number of nitrogens with zero attached hydrogens (tertiary/aromatic N) is 1. The zero-order valence-electron chi connectivity index (χ0n) is 11.5. The molecular formula is C13H25N3O2. The number of rotatable bonds is 7. The minimum atomic E-state index is -0.00533. The largest absolute Gasteiger partial charge is 0.352 e. The van der Waals surface area contributed by atoms with Crippen molar-refractivity contribution in [3.8, 4) is 0 Å². The molecule has 1 saturated carbocycles. The van der Waals surface area contributed by atoms with Gasteiger partial charge in [0.05, 0.1) is 13.1 Å². The second-order valence-corrected chi connectivity index (χ2v) is 4.72. The van der Waals surface area contributed by atoms with Crippen LogP contribution in [0.2, 0.25) is 0 Å². The first-order valence-corrected chi connectivity index (χ1v) is 6.95. The molecule has 1 aliphatic carbocycles. The van der Waals surface area contributed by atoms with Gasteiger partial charge in [-0.15, -0.1) is 0 Å². The van der Waals surface area contributed by atoms with Gasteiger partial charge in [0.15, 0.2) is 0 Å². The van der Waals surface area contributed by atoms with Crippen LogP contribution in [0.1, 0.15) is 39.5 Å². The predicted molar refractivity (Wildman–Crippen MR) is 71.2 cm³/mol. The fourth-order valence-electron chi connectivity index (χ4n) is 2.32. The molecule has 0 aromatic carbocycles. The fourth-order valence-corrected chi connectivity index (χ4v) is 2.32. The maximum atomic E-state index is 11.7. The van der Waals surface area contributed by atoms with Crippen LogP contribution in [0.15, 0.2) is 0 Å². The summed E-state index contributed by atoms with van der Waals surface area (Å²) in [6, 6.07) is 0.345. The molecule has 18 heavy (non-hydrogen) atoms. The molecule has 5 heteroatoms. The Bertz CT molecular complexity index is 271. The highest BCUT2D eigenvalue weighted by Crippen LogP contribution is 2.17. The summed E-state index contributed by atoms with van der Waals surface area (Å²) < 4.78 is 0. The molecule has 0 heterocycles. The molecule has 1 aliphatic rings. The van der Waals surface area contributed by atoms with Crippen molar-refractivity contribution in [1.82, 2.24) is 15.5 Å². The molecule has 0 saturated heterocycles. The van der Waals surface area contributed by atoms with Gasteiger partial charge < -0.3 is 10.2 Å². The van der Waals surface area contributed by atoms with Crippen molar-refractivity contribution in [2.45, 2.75) is 45.6 Å². The van der Waals surface area contributed by atoms with Crippen molar-refractivity contribution in [1.29, 1.82) is 0 Å². The smallest absolute Gasteiger partial charge is 0.236 e. The van der Waals surface area contributed by atoms with Gasteiger partial charge in [0, 0.05) is 19.1 Å². The van der Waals surface area contributed by atoms with E-state index in [2.05, 4.69) is 10.6 Å². The summed E-state index contributed by atoms with van der Waals surface area (Å²) >= 11 is 0. The third-order valence-corrected chi connectivity index (χ3v) is 3.40. The van der Waals surface area contributed by atoms with Crippen LogP contribution < -0.4 is 10.6 Å². The first-order valence-electron chi connectivity index (χ1n) is 6.95. The number of amides is 2. The Morgan fingerprint density at radius 2 is 1.72 bits per heavy atom. The average molecular weight is 255 g/mol. The van der Waals surface area contributed by atoms with Crippen molar-refractivity contribution < 1.29 is 9.59 Å². The van der Waals surface area contributed by atoms with Crippen LogP contribution in [-0.4, -0.2) is 48.9 Å². The van der Waals surface area contributed by atoms with Gasteiger partial charge in [-0.1, -0.05) is 12.8 Å². The van der Waals surface area contributed by atoms with E-state index in [4.69, 9.17) is 0 Å². The van der Waals surface area contributed by atoms with Gasteiger partial charge >= 0.3 is 0 Å². The number of hydrogen-bond donors (Lipinski definition) is 2. The van der Waals surface area contributed by atoms with Crippen molar-refractivity contribution in [3.05, 3.63) is 0 Å². The second-order valence-electron chi connectivity index (χ2n) is 4.72. The van der Waals surface area contributed by atoms with Gasteiger partial charge in [0.2, 0.25) is 11.8 Å². The molecule has 0 bridgehead atoms. The topological polar surface area (TPSA) is 61.4 Å². The lowest BCUT2D eigenvalue weighted by Gasteiger charge is -2.19. The summed E-state index contributed by atoms with van der Waals surface area (Å²) in [5.41, 5.74) is 0. The van der Waals surface area contributed by atoms with E-state index in [0.29, 0.717) is 19.1 Å². The molecule has 104 valence electrons. The number of nitrogens with one attached hydrogen (secondary N) is 2. The molecule has 2 N–H and O–H groups in total. The van der Waals surface area contributed by atoms with Gasteiger partial charge in [-0.3, -0.25) is 14.9 Å². The van der Waals surface area contributed by atoms with E-state index in [1.807, 2.05) is 13.8 Å². The van der Waals surface area contributed by atoms with E-state index in [-0.39, 0.29) is 24.9 Å². The Hall–Kier alpha value is -1.10. The Labute approximate surface area is 109 Å². The van der Waals surface area contributed by atoms with Crippen LogP contribution in [-0.2, 0) is 9.59 Å². The maximum absolute atomic E-state index is 11.7. The minimum Gasteiger partial charge on any atom is -0.352 e.